The summed E-state index contributed by atoms with van der Waals surface area (Å²) in [7, 11) is 3.40. The highest BCUT2D eigenvalue weighted by Gasteiger charge is 2.24. The lowest BCUT2D eigenvalue weighted by Crippen LogP contribution is -2.06. The van der Waals surface area contributed by atoms with Gasteiger partial charge in [0.25, 0.3) is 0 Å². The SMILES string of the molecule is COc1cnc2[nH]cc(C(OC)c3cccc4c3CCN4)c2c1. The van der Waals surface area contributed by atoms with E-state index in [1.165, 1.54) is 16.8 Å². The smallest absolute Gasteiger partial charge is 0.137 e. The fraction of sp³-hybridized carbons (Fsp3) is 0.278. The van der Waals surface area contributed by atoms with E-state index in [0.717, 1.165) is 35.3 Å². The molecular formula is C18H19N3O2. The minimum absolute atomic E-state index is 0.132. The van der Waals surface area contributed by atoms with Gasteiger partial charge in [-0.25, -0.2) is 4.98 Å². The number of nitrogens with one attached hydrogen (secondary N) is 2. The molecule has 1 aliphatic heterocycles. The van der Waals surface area contributed by atoms with Gasteiger partial charge in [-0.1, -0.05) is 12.1 Å². The molecule has 1 aromatic carbocycles. The minimum atomic E-state index is -0.132. The second-order valence-corrected chi connectivity index (χ2v) is 5.68. The zero-order chi connectivity index (χ0) is 15.8. The van der Waals surface area contributed by atoms with Crippen LogP contribution in [0.2, 0.25) is 0 Å². The van der Waals surface area contributed by atoms with Gasteiger partial charge in [-0.15, -0.1) is 0 Å². The molecule has 0 aliphatic carbocycles. The van der Waals surface area contributed by atoms with Crippen LogP contribution in [0.25, 0.3) is 11.0 Å². The lowest BCUT2D eigenvalue weighted by atomic mass is 9.95. The van der Waals surface area contributed by atoms with Gasteiger partial charge >= 0.3 is 0 Å². The van der Waals surface area contributed by atoms with E-state index in [-0.39, 0.29) is 6.10 Å². The summed E-state index contributed by atoms with van der Waals surface area (Å²) >= 11 is 0. The van der Waals surface area contributed by atoms with Crippen molar-refractivity contribution in [2.45, 2.75) is 12.5 Å². The van der Waals surface area contributed by atoms with Gasteiger partial charge in [0.1, 0.15) is 17.5 Å². The lowest BCUT2D eigenvalue weighted by Gasteiger charge is -2.18. The molecule has 118 valence electrons. The molecular weight excluding hydrogens is 290 g/mol. The third-order valence-corrected chi connectivity index (χ3v) is 4.48. The van der Waals surface area contributed by atoms with E-state index in [2.05, 4.69) is 33.5 Å². The van der Waals surface area contributed by atoms with E-state index in [4.69, 9.17) is 9.47 Å². The number of pyridine rings is 1. The first-order valence-electron chi connectivity index (χ1n) is 7.71. The Bertz CT molecular complexity index is 857. The van der Waals surface area contributed by atoms with Crippen molar-refractivity contribution in [2.75, 3.05) is 26.1 Å². The molecule has 3 aromatic rings. The lowest BCUT2D eigenvalue weighted by molar-refractivity contribution is 0.137. The van der Waals surface area contributed by atoms with Gasteiger partial charge in [0.05, 0.1) is 13.3 Å². The van der Waals surface area contributed by atoms with Crippen molar-refractivity contribution in [3.05, 3.63) is 53.3 Å². The van der Waals surface area contributed by atoms with Crippen LogP contribution in [-0.4, -0.2) is 30.7 Å². The number of fused-ring (bicyclic) bond motifs is 2. The van der Waals surface area contributed by atoms with E-state index in [1.54, 1.807) is 20.4 Å². The van der Waals surface area contributed by atoms with Gasteiger partial charge in [-0.2, -0.15) is 0 Å². The van der Waals surface area contributed by atoms with Crippen molar-refractivity contribution < 1.29 is 9.47 Å². The second kappa shape index (κ2) is 5.59. The molecule has 3 heterocycles. The zero-order valence-electron chi connectivity index (χ0n) is 13.2. The van der Waals surface area contributed by atoms with Crippen molar-refractivity contribution in [2.24, 2.45) is 0 Å². The highest BCUT2D eigenvalue weighted by Crippen LogP contribution is 2.37. The maximum atomic E-state index is 5.87. The van der Waals surface area contributed by atoms with Crippen LogP contribution in [0.3, 0.4) is 0 Å². The summed E-state index contributed by atoms with van der Waals surface area (Å²) in [5, 5.41) is 4.45. The third kappa shape index (κ3) is 2.24. The highest BCUT2D eigenvalue weighted by atomic mass is 16.5. The fourth-order valence-corrected chi connectivity index (χ4v) is 3.37. The molecule has 0 bridgehead atoms. The normalized spacial score (nSPS) is 14.5. The number of ether oxygens (including phenoxy) is 2. The number of hydrogen-bond donors (Lipinski definition) is 2. The molecule has 5 heteroatoms. The molecule has 2 N–H and O–H groups in total. The van der Waals surface area contributed by atoms with Crippen LogP contribution in [0.15, 0.2) is 36.7 Å². The molecule has 1 unspecified atom stereocenters. The summed E-state index contributed by atoms with van der Waals surface area (Å²) in [5.74, 6) is 0.744. The molecule has 2 aromatic heterocycles. The van der Waals surface area contributed by atoms with Crippen LogP contribution in [0, 0.1) is 0 Å². The predicted octanol–water partition coefficient (Wildman–Crippen LogP) is 3.28. The Morgan fingerprint density at radius 1 is 1.22 bits per heavy atom. The molecule has 4 rings (SSSR count). The Balaban J connectivity index is 1.86. The quantitative estimate of drug-likeness (QED) is 0.776. The van der Waals surface area contributed by atoms with Gasteiger partial charge in [0.2, 0.25) is 0 Å². The largest absolute Gasteiger partial charge is 0.495 e. The maximum absolute atomic E-state index is 5.87. The highest BCUT2D eigenvalue weighted by molar-refractivity contribution is 5.82. The van der Waals surface area contributed by atoms with Crippen molar-refractivity contribution >= 4 is 16.7 Å². The second-order valence-electron chi connectivity index (χ2n) is 5.68. The van der Waals surface area contributed by atoms with E-state index in [1.807, 2.05) is 12.3 Å². The Morgan fingerprint density at radius 3 is 2.96 bits per heavy atom. The molecule has 1 atom stereocenters. The van der Waals surface area contributed by atoms with Crippen LogP contribution in [0.1, 0.15) is 22.8 Å². The number of H-pyrrole nitrogens is 1. The molecule has 0 spiro atoms. The maximum Gasteiger partial charge on any atom is 0.137 e. The first-order chi connectivity index (χ1) is 11.3. The van der Waals surface area contributed by atoms with Crippen LogP contribution < -0.4 is 10.1 Å². The Labute approximate surface area is 134 Å². The molecule has 5 nitrogen and oxygen atoms in total. The van der Waals surface area contributed by atoms with Crippen molar-refractivity contribution in [3.63, 3.8) is 0 Å². The van der Waals surface area contributed by atoms with Gasteiger partial charge in [-0.3, -0.25) is 0 Å². The monoisotopic (exact) mass is 309 g/mol. The summed E-state index contributed by atoms with van der Waals surface area (Å²) in [4.78, 5) is 7.64. The number of aromatic nitrogens is 2. The molecule has 0 saturated heterocycles. The number of hydrogen-bond acceptors (Lipinski definition) is 4. The predicted molar refractivity (Wildman–Crippen MR) is 90.1 cm³/mol. The molecule has 0 amide bonds. The molecule has 0 saturated carbocycles. The number of nitrogens with zero attached hydrogens (tertiary/aromatic N) is 1. The van der Waals surface area contributed by atoms with E-state index < -0.39 is 0 Å². The topological polar surface area (TPSA) is 59.2 Å². The van der Waals surface area contributed by atoms with Crippen molar-refractivity contribution in [1.29, 1.82) is 0 Å². The van der Waals surface area contributed by atoms with Crippen LogP contribution in [0.5, 0.6) is 5.75 Å². The number of benzene rings is 1. The first kappa shape index (κ1) is 14.1. The zero-order valence-corrected chi connectivity index (χ0v) is 13.2. The van der Waals surface area contributed by atoms with Gasteiger partial charge < -0.3 is 19.8 Å². The summed E-state index contributed by atoms with van der Waals surface area (Å²) in [6.07, 6.45) is 4.59. The van der Waals surface area contributed by atoms with E-state index in [0.29, 0.717) is 0 Å². The van der Waals surface area contributed by atoms with E-state index in [9.17, 15) is 0 Å². The molecule has 23 heavy (non-hydrogen) atoms. The standard InChI is InChI=1S/C18H19N3O2/c1-22-11-8-14-15(10-21-18(14)20-9-11)17(23-2)13-4-3-5-16-12(13)6-7-19-16/h3-5,8-10,17,19H,6-7H2,1-2H3,(H,20,21). The Hall–Kier alpha value is -2.53. The van der Waals surface area contributed by atoms with Crippen LogP contribution in [-0.2, 0) is 11.2 Å². The first-order valence-corrected chi connectivity index (χ1v) is 7.71. The fourth-order valence-electron chi connectivity index (χ4n) is 3.37. The Morgan fingerprint density at radius 2 is 2.13 bits per heavy atom. The Kier molecular flexibility index (Phi) is 3.42. The number of anilines is 1. The van der Waals surface area contributed by atoms with Gasteiger partial charge in [0, 0.05) is 36.5 Å². The van der Waals surface area contributed by atoms with Gasteiger partial charge in [-0.05, 0) is 29.7 Å². The number of rotatable bonds is 4. The van der Waals surface area contributed by atoms with Crippen LogP contribution in [0.4, 0.5) is 5.69 Å². The number of methoxy groups -OCH3 is 2. The van der Waals surface area contributed by atoms with E-state index >= 15 is 0 Å². The molecule has 0 fully saturated rings. The molecule has 1 aliphatic rings. The summed E-state index contributed by atoms with van der Waals surface area (Å²) in [6.45, 7) is 0.978. The molecule has 0 radical (unpaired) electrons. The summed E-state index contributed by atoms with van der Waals surface area (Å²) in [5.41, 5.74) is 5.67. The third-order valence-electron chi connectivity index (χ3n) is 4.48. The minimum Gasteiger partial charge on any atom is -0.495 e. The average Bonchev–Trinajstić information content (AvgIpc) is 3.22. The van der Waals surface area contributed by atoms with Crippen molar-refractivity contribution in [3.8, 4) is 5.75 Å². The summed E-state index contributed by atoms with van der Waals surface area (Å²) in [6, 6.07) is 8.35. The average molecular weight is 309 g/mol. The van der Waals surface area contributed by atoms with Gasteiger partial charge in [0.15, 0.2) is 0 Å². The number of aromatic amines is 1. The summed E-state index contributed by atoms with van der Waals surface area (Å²) < 4.78 is 11.2. The van der Waals surface area contributed by atoms with Crippen LogP contribution >= 0.6 is 0 Å². The van der Waals surface area contributed by atoms with Crippen molar-refractivity contribution in [1.82, 2.24) is 9.97 Å².